The minimum Gasteiger partial charge on any atom is -0.442 e. The highest BCUT2D eigenvalue weighted by molar-refractivity contribution is 8.16. The molecule has 2 atom stereocenters. The van der Waals surface area contributed by atoms with Crippen LogP contribution in [-0.2, 0) is 23.6 Å². The minimum atomic E-state index is -2.94. The second-order valence-electron chi connectivity index (χ2n) is 16.0. The summed E-state index contributed by atoms with van der Waals surface area (Å²) in [6.07, 6.45) is -5.88. The predicted octanol–water partition coefficient (Wildman–Crippen LogP) is 14.3. The summed E-state index contributed by atoms with van der Waals surface area (Å²) in [5.41, 5.74) is 13.2. The van der Waals surface area contributed by atoms with Gasteiger partial charge in [0.05, 0.1) is 22.1 Å². The quantitative estimate of drug-likeness (QED) is 0.156. The zero-order valence-electron chi connectivity index (χ0n) is 33.1. The molecule has 11 aromatic rings. The molecule has 0 fully saturated rings. The molecule has 4 nitrogen and oxygen atoms in total. The molecule has 0 N–H and O–H groups in total. The van der Waals surface area contributed by atoms with Gasteiger partial charge in [0.15, 0.2) is 11.5 Å². The third-order valence-corrected chi connectivity index (χ3v) is 19.7. The molecule has 0 bridgehead atoms. The second-order valence-corrected chi connectivity index (χ2v) is 23.3. The van der Waals surface area contributed by atoms with Crippen molar-refractivity contribution >= 4 is 90.7 Å². The zero-order chi connectivity index (χ0) is 41.2. The third kappa shape index (κ3) is 5.25. The Hall–Kier alpha value is -6.52. The van der Waals surface area contributed by atoms with Gasteiger partial charge in [-0.25, -0.2) is 0 Å². The van der Waals surface area contributed by atoms with Gasteiger partial charge >= 0.3 is 0 Å². The number of nitrogens with zero attached hydrogens (tertiary/aromatic N) is 2. The van der Waals surface area contributed by atoms with Crippen LogP contribution >= 0.6 is 12.8 Å². The smallest absolute Gasteiger partial charge is 0.239 e. The van der Waals surface area contributed by atoms with Gasteiger partial charge in [-0.1, -0.05) is 146 Å². The molecule has 2 unspecified atom stereocenters. The molecule has 0 spiro atoms. The monoisotopic (exact) mass is 868 g/mol. The van der Waals surface area contributed by atoms with E-state index in [0.717, 1.165) is 110 Å². The Morgan fingerprint density at radius 2 is 0.629 bits per heavy atom. The number of fused-ring (bicyclic) bond motifs is 6. The van der Waals surface area contributed by atoms with E-state index in [1.807, 2.05) is 0 Å². The third-order valence-electron chi connectivity index (χ3n) is 12.5. The molecule has 2 aliphatic heterocycles. The molecule has 2 aliphatic rings. The van der Waals surface area contributed by atoms with E-state index in [4.69, 9.17) is 32.7 Å². The number of hydrogen-bond acceptors (Lipinski definition) is 4. The van der Waals surface area contributed by atoms with Crippen LogP contribution in [0.3, 0.4) is 0 Å². The summed E-state index contributed by atoms with van der Waals surface area (Å²) in [5.74, 6) is 1.63. The highest BCUT2D eigenvalue weighted by Gasteiger charge is 2.40. The predicted molar refractivity (Wildman–Crippen MR) is 267 cm³/mol. The molecule has 0 aliphatic carbocycles. The van der Waals surface area contributed by atoms with Crippen molar-refractivity contribution in [3.63, 3.8) is 0 Å². The Kier molecular flexibility index (Phi) is 7.87. The van der Waals surface area contributed by atoms with Crippen molar-refractivity contribution in [1.82, 2.24) is 8.68 Å². The highest BCUT2D eigenvalue weighted by Crippen LogP contribution is 2.64. The van der Waals surface area contributed by atoms with Crippen LogP contribution in [0.15, 0.2) is 206 Å². The van der Waals surface area contributed by atoms with E-state index in [0.29, 0.717) is 0 Å². The highest BCUT2D eigenvalue weighted by atomic mass is 32.5. The lowest BCUT2D eigenvalue weighted by atomic mass is 9.99. The van der Waals surface area contributed by atoms with Crippen molar-refractivity contribution in [2.45, 2.75) is 0 Å². The molecular weight excluding hydrogens is 835 g/mol. The average molecular weight is 869 g/mol. The first kappa shape index (κ1) is 36.2. The fraction of sp³-hybridized carbons (Fsp3) is 0. The summed E-state index contributed by atoms with van der Waals surface area (Å²) in [5, 5.41) is 6.46. The molecule has 4 heterocycles. The first-order valence-electron chi connectivity index (χ1n) is 20.6. The maximum atomic E-state index is 7.10. The molecule has 62 heavy (non-hydrogen) atoms. The first-order chi connectivity index (χ1) is 30.4. The summed E-state index contributed by atoms with van der Waals surface area (Å²) >= 11 is 13.9. The SMILES string of the molecule is S=P1(c2cc(-c3ccccc3)cc(-c3ccccc3)c2)Oc2cccc3c4cc5c(cc4n1c23)c1cccc2c1n5P(=S)(c1cc(-c3ccccc3)cc(-c3ccccc3)c1)O2. The molecule has 2 aromatic heterocycles. The lowest BCUT2D eigenvalue weighted by molar-refractivity contribution is 0.637. The van der Waals surface area contributed by atoms with Crippen molar-refractivity contribution < 1.29 is 9.05 Å². The number of para-hydroxylation sites is 2. The van der Waals surface area contributed by atoms with Crippen molar-refractivity contribution in [2.75, 3.05) is 0 Å². The molecular formula is C54H34N2O2P2S2. The number of aromatic nitrogens is 2. The van der Waals surface area contributed by atoms with Crippen LogP contribution in [-0.4, -0.2) is 8.68 Å². The van der Waals surface area contributed by atoms with E-state index in [9.17, 15) is 0 Å². The van der Waals surface area contributed by atoms with Crippen molar-refractivity contribution in [3.8, 4) is 56.0 Å². The molecule has 13 rings (SSSR count). The van der Waals surface area contributed by atoms with Gasteiger partial charge in [-0.05, 0) is 129 Å². The molecule has 0 amide bonds. The first-order valence-corrected chi connectivity index (χ1v) is 26.0. The van der Waals surface area contributed by atoms with Crippen molar-refractivity contribution in [2.24, 2.45) is 0 Å². The zero-order valence-corrected chi connectivity index (χ0v) is 36.5. The van der Waals surface area contributed by atoms with E-state index in [2.05, 4.69) is 215 Å². The van der Waals surface area contributed by atoms with Gasteiger partial charge in [-0.2, -0.15) is 0 Å². The fourth-order valence-corrected chi connectivity index (χ4v) is 16.5. The number of hydrogen-bond donors (Lipinski definition) is 0. The second kappa shape index (κ2) is 13.5. The summed E-state index contributed by atoms with van der Waals surface area (Å²) in [7, 11) is 0. The fourth-order valence-electron chi connectivity index (χ4n) is 9.63. The summed E-state index contributed by atoms with van der Waals surface area (Å²) in [6.45, 7) is 0. The van der Waals surface area contributed by atoms with E-state index in [-0.39, 0.29) is 0 Å². The molecule has 9 aromatic carbocycles. The average Bonchev–Trinajstić information content (AvgIpc) is 4.05. The summed E-state index contributed by atoms with van der Waals surface area (Å²) in [6, 6.07) is 73.1. The van der Waals surface area contributed by atoms with E-state index in [1.54, 1.807) is 0 Å². The van der Waals surface area contributed by atoms with Crippen LogP contribution in [0.25, 0.3) is 88.1 Å². The van der Waals surface area contributed by atoms with E-state index in [1.165, 1.54) is 0 Å². The Labute approximate surface area is 368 Å². The van der Waals surface area contributed by atoms with Gasteiger partial charge < -0.3 is 9.05 Å². The lowest BCUT2D eigenvalue weighted by Gasteiger charge is -2.23. The lowest BCUT2D eigenvalue weighted by Crippen LogP contribution is -2.13. The van der Waals surface area contributed by atoms with Crippen molar-refractivity contribution in [3.05, 3.63) is 206 Å². The van der Waals surface area contributed by atoms with Gasteiger partial charge in [-0.3, -0.25) is 8.68 Å². The largest absolute Gasteiger partial charge is 0.442 e. The topological polar surface area (TPSA) is 28.3 Å². The van der Waals surface area contributed by atoms with Crippen LogP contribution < -0.4 is 19.7 Å². The standard InChI is InChI=1S/C54H34N2O2P2S2/c61-59(43-29-39(35-15-5-1-6-16-35)27-40(30-43)36-17-7-2-8-18-36)55-49-33-48-46-24-14-26-52-54(46)56(50(48)34-47(49)45-23-13-25-51(57-59)53(45)55)60(62,58-52)44-31-41(37-19-9-3-10-20-37)28-42(32-44)38-21-11-4-12-22-38/h1-34H. The minimum absolute atomic E-state index is 0.817. The van der Waals surface area contributed by atoms with Crippen LogP contribution in [0.2, 0.25) is 0 Å². The van der Waals surface area contributed by atoms with Gasteiger partial charge in [0.2, 0.25) is 12.8 Å². The Bertz CT molecular complexity index is 3390. The maximum absolute atomic E-state index is 7.10. The molecule has 0 radical (unpaired) electrons. The Balaban J connectivity index is 1.06. The van der Waals surface area contributed by atoms with Crippen LogP contribution in [0.4, 0.5) is 0 Å². The summed E-state index contributed by atoms with van der Waals surface area (Å²) < 4.78 is 18.9. The Morgan fingerprint density at radius 3 is 0.952 bits per heavy atom. The van der Waals surface area contributed by atoms with Gasteiger partial charge in [-0.15, -0.1) is 0 Å². The summed E-state index contributed by atoms with van der Waals surface area (Å²) in [4.78, 5) is 0. The number of rotatable bonds is 6. The number of benzene rings is 9. The van der Waals surface area contributed by atoms with Gasteiger partial charge in [0, 0.05) is 32.2 Å². The molecule has 8 heteroatoms. The normalized spacial score (nSPS) is 17.5. The van der Waals surface area contributed by atoms with E-state index >= 15 is 0 Å². The van der Waals surface area contributed by atoms with Crippen LogP contribution in [0.1, 0.15) is 0 Å². The molecule has 0 saturated carbocycles. The van der Waals surface area contributed by atoms with E-state index < -0.39 is 12.8 Å². The van der Waals surface area contributed by atoms with Crippen LogP contribution in [0.5, 0.6) is 11.5 Å². The van der Waals surface area contributed by atoms with Gasteiger partial charge in [0.1, 0.15) is 0 Å². The maximum Gasteiger partial charge on any atom is 0.239 e. The Morgan fingerprint density at radius 1 is 0.306 bits per heavy atom. The van der Waals surface area contributed by atoms with Gasteiger partial charge in [0.25, 0.3) is 0 Å². The molecule has 294 valence electrons. The molecule has 0 saturated heterocycles. The van der Waals surface area contributed by atoms with Crippen molar-refractivity contribution in [1.29, 1.82) is 0 Å². The van der Waals surface area contributed by atoms with Crippen LogP contribution in [0, 0.1) is 0 Å².